The molecule has 0 aromatic heterocycles. The Morgan fingerprint density at radius 1 is 0.821 bits per heavy atom. The minimum Gasteiger partial charge on any atom is -0.394 e. The molecule has 2 aliphatic rings. The molecule has 6 nitrogen and oxygen atoms in total. The maximum atomic E-state index is 10.8. The second-order valence-corrected chi connectivity index (χ2v) is 7.60. The number of benzene rings is 2. The summed E-state index contributed by atoms with van der Waals surface area (Å²) in [6, 6.07) is 14.1. The summed E-state index contributed by atoms with van der Waals surface area (Å²) in [5.41, 5.74) is 1.49. The second-order valence-electron chi connectivity index (χ2n) is 6.72. The van der Waals surface area contributed by atoms with E-state index in [0.717, 1.165) is 11.1 Å². The van der Waals surface area contributed by atoms with Crippen LogP contribution in [0.4, 0.5) is 0 Å². The van der Waals surface area contributed by atoms with Gasteiger partial charge in [-0.1, -0.05) is 47.5 Å². The molecule has 0 spiro atoms. The number of fused-ring (bicyclic) bond motifs is 1. The van der Waals surface area contributed by atoms with Crippen LogP contribution in [0.1, 0.15) is 23.7 Å². The van der Waals surface area contributed by atoms with Crippen molar-refractivity contribution in [2.24, 2.45) is 0 Å². The van der Waals surface area contributed by atoms with Gasteiger partial charge in [-0.15, -0.1) is 0 Å². The lowest BCUT2D eigenvalue weighted by Gasteiger charge is -2.37. The molecule has 150 valence electrons. The van der Waals surface area contributed by atoms with E-state index in [1.165, 1.54) is 0 Å². The highest BCUT2D eigenvalue weighted by Gasteiger charge is 2.46. The first-order valence-corrected chi connectivity index (χ1v) is 9.68. The SMILES string of the molecule is OC[C@H]1OC(c2ccc(Cl)cc2)O[C@H]2COC(c3ccc(Cl)cc3)O[C@@H]2[C@H]1O. The molecule has 2 unspecified atom stereocenters. The molecule has 2 aromatic carbocycles. The van der Waals surface area contributed by atoms with Gasteiger partial charge in [0.15, 0.2) is 12.6 Å². The summed E-state index contributed by atoms with van der Waals surface area (Å²) >= 11 is 11.9. The van der Waals surface area contributed by atoms with Crippen molar-refractivity contribution in [3.8, 4) is 0 Å². The van der Waals surface area contributed by atoms with E-state index in [2.05, 4.69) is 0 Å². The summed E-state index contributed by atoms with van der Waals surface area (Å²) in [6.07, 6.45) is -4.74. The highest BCUT2D eigenvalue weighted by atomic mass is 35.5. The molecule has 2 aliphatic heterocycles. The summed E-state index contributed by atoms with van der Waals surface area (Å²) in [7, 11) is 0. The quantitative estimate of drug-likeness (QED) is 0.784. The monoisotopic (exact) mass is 426 g/mol. The summed E-state index contributed by atoms with van der Waals surface area (Å²) in [4.78, 5) is 0. The van der Waals surface area contributed by atoms with Crippen molar-refractivity contribution < 1.29 is 29.2 Å². The predicted molar refractivity (Wildman–Crippen MR) is 102 cm³/mol. The minimum absolute atomic E-state index is 0.195. The molecule has 0 amide bonds. The fourth-order valence-electron chi connectivity index (χ4n) is 3.33. The Morgan fingerprint density at radius 3 is 1.96 bits per heavy atom. The fraction of sp³-hybridized carbons (Fsp3) is 0.400. The van der Waals surface area contributed by atoms with Gasteiger partial charge in [-0.2, -0.15) is 0 Å². The van der Waals surface area contributed by atoms with E-state index in [0.29, 0.717) is 10.0 Å². The van der Waals surface area contributed by atoms with Gasteiger partial charge >= 0.3 is 0 Å². The Morgan fingerprint density at radius 2 is 1.39 bits per heavy atom. The zero-order chi connectivity index (χ0) is 19.7. The van der Waals surface area contributed by atoms with E-state index in [1.807, 2.05) is 0 Å². The van der Waals surface area contributed by atoms with Gasteiger partial charge in [-0.3, -0.25) is 0 Å². The average molecular weight is 427 g/mol. The van der Waals surface area contributed by atoms with Crippen molar-refractivity contribution in [1.82, 2.24) is 0 Å². The van der Waals surface area contributed by atoms with Crippen molar-refractivity contribution in [2.45, 2.75) is 37.0 Å². The van der Waals surface area contributed by atoms with Gasteiger partial charge in [0.05, 0.1) is 13.2 Å². The van der Waals surface area contributed by atoms with Gasteiger partial charge in [0.1, 0.15) is 24.4 Å². The van der Waals surface area contributed by atoms with E-state index in [9.17, 15) is 10.2 Å². The van der Waals surface area contributed by atoms with Gasteiger partial charge < -0.3 is 29.2 Å². The molecule has 6 atom stereocenters. The smallest absolute Gasteiger partial charge is 0.184 e. The number of hydrogen-bond donors (Lipinski definition) is 2. The Labute approximate surface area is 172 Å². The molecule has 0 radical (unpaired) electrons. The summed E-state index contributed by atoms with van der Waals surface area (Å²) in [5.74, 6) is 0. The van der Waals surface area contributed by atoms with Crippen LogP contribution in [0, 0.1) is 0 Å². The molecule has 4 rings (SSSR count). The molecule has 0 bridgehead atoms. The molecule has 2 N–H and O–H groups in total. The highest BCUT2D eigenvalue weighted by molar-refractivity contribution is 6.30. The number of ether oxygens (including phenoxy) is 4. The molecule has 2 heterocycles. The van der Waals surface area contributed by atoms with Gasteiger partial charge in [0, 0.05) is 21.2 Å². The normalized spacial score (nSPS) is 33.1. The van der Waals surface area contributed by atoms with Crippen LogP contribution in [0.15, 0.2) is 48.5 Å². The van der Waals surface area contributed by atoms with E-state index in [-0.39, 0.29) is 13.2 Å². The number of aliphatic hydroxyl groups is 2. The molecule has 2 saturated heterocycles. The van der Waals surface area contributed by atoms with Crippen LogP contribution >= 0.6 is 23.2 Å². The summed E-state index contributed by atoms with van der Waals surface area (Å²) in [5, 5.41) is 21.7. The lowest BCUT2D eigenvalue weighted by molar-refractivity contribution is -0.289. The van der Waals surface area contributed by atoms with Crippen molar-refractivity contribution >= 4 is 23.2 Å². The van der Waals surface area contributed by atoms with Gasteiger partial charge in [0.2, 0.25) is 0 Å². The molecule has 28 heavy (non-hydrogen) atoms. The van der Waals surface area contributed by atoms with Crippen LogP contribution in [-0.2, 0) is 18.9 Å². The first-order chi connectivity index (χ1) is 13.5. The molecule has 8 heteroatoms. The molecule has 0 aliphatic carbocycles. The van der Waals surface area contributed by atoms with E-state index in [4.69, 9.17) is 42.1 Å². The van der Waals surface area contributed by atoms with Crippen molar-refractivity contribution in [2.75, 3.05) is 13.2 Å². The van der Waals surface area contributed by atoms with Crippen LogP contribution in [0.5, 0.6) is 0 Å². The first kappa shape index (κ1) is 20.1. The van der Waals surface area contributed by atoms with E-state index < -0.39 is 37.0 Å². The Bertz CT molecular complexity index is 784. The third-order valence-corrected chi connectivity index (χ3v) is 5.34. The first-order valence-electron chi connectivity index (χ1n) is 8.93. The second kappa shape index (κ2) is 8.65. The highest BCUT2D eigenvalue weighted by Crippen LogP contribution is 2.37. The zero-order valence-electron chi connectivity index (χ0n) is 14.8. The van der Waals surface area contributed by atoms with Gasteiger partial charge in [-0.25, -0.2) is 0 Å². The molecular weight excluding hydrogens is 407 g/mol. The Balaban J connectivity index is 1.56. The van der Waals surface area contributed by atoms with Crippen molar-refractivity contribution in [3.63, 3.8) is 0 Å². The lowest BCUT2D eigenvalue weighted by Crippen LogP contribution is -2.51. The topological polar surface area (TPSA) is 77.4 Å². The zero-order valence-corrected chi connectivity index (χ0v) is 16.3. The number of halogens is 2. The third-order valence-electron chi connectivity index (χ3n) is 4.84. The average Bonchev–Trinajstić information content (AvgIpc) is 2.85. The minimum atomic E-state index is -1.09. The van der Waals surface area contributed by atoms with Gasteiger partial charge in [-0.05, 0) is 24.3 Å². The van der Waals surface area contributed by atoms with Crippen LogP contribution in [-0.4, -0.2) is 47.8 Å². The standard InChI is InChI=1S/C20H20Cl2O6/c21-13-5-1-11(2-6-13)19-25-10-16-18(28-19)17(24)15(9-23)26-20(27-16)12-3-7-14(22)8-4-12/h1-8,15-20,23-24H,9-10H2/t15-,16+,17+,18+,19?,20?/m1/s1. The molecule has 0 saturated carbocycles. The molecular formula is C20H20Cl2O6. The summed E-state index contributed by atoms with van der Waals surface area (Å²) < 4.78 is 23.7. The summed E-state index contributed by atoms with van der Waals surface area (Å²) in [6.45, 7) is -0.186. The van der Waals surface area contributed by atoms with Crippen LogP contribution in [0.25, 0.3) is 0 Å². The molecule has 2 fully saturated rings. The molecule has 2 aromatic rings. The van der Waals surface area contributed by atoms with Crippen LogP contribution < -0.4 is 0 Å². The van der Waals surface area contributed by atoms with Crippen molar-refractivity contribution in [3.05, 3.63) is 69.7 Å². The number of hydrogen-bond acceptors (Lipinski definition) is 6. The maximum Gasteiger partial charge on any atom is 0.184 e. The predicted octanol–water partition coefficient (Wildman–Crippen LogP) is 3.24. The van der Waals surface area contributed by atoms with Crippen molar-refractivity contribution in [1.29, 1.82) is 0 Å². The van der Waals surface area contributed by atoms with Crippen LogP contribution in [0.3, 0.4) is 0 Å². The fourth-order valence-corrected chi connectivity index (χ4v) is 3.58. The van der Waals surface area contributed by atoms with Gasteiger partial charge in [0.25, 0.3) is 0 Å². The Kier molecular flexibility index (Phi) is 6.20. The Hall–Kier alpha value is -1.22. The largest absolute Gasteiger partial charge is 0.394 e. The van der Waals surface area contributed by atoms with E-state index in [1.54, 1.807) is 48.5 Å². The van der Waals surface area contributed by atoms with Crippen LogP contribution in [0.2, 0.25) is 10.0 Å². The van der Waals surface area contributed by atoms with E-state index >= 15 is 0 Å². The maximum absolute atomic E-state index is 10.8. The number of rotatable bonds is 3. The third kappa shape index (κ3) is 4.20. The lowest BCUT2D eigenvalue weighted by atomic mass is 10.0. The number of aliphatic hydroxyl groups excluding tert-OH is 2.